The van der Waals surface area contributed by atoms with Crippen molar-refractivity contribution in [1.82, 2.24) is 14.7 Å². The molecular formula is C12H19N3O. The number of nitrogens with zero attached hydrogens (tertiary/aromatic N) is 3. The lowest BCUT2D eigenvalue weighted by Gasteiger charge is -2.16. The summed E-state index contributed by atoms with van der Waals surface area (Å²) in [6.07, 6.45) is 4.14. The molecule has 1 saturated heterocycles. The van der Waals surface area contributed by atoms with Gasteiger partial charge in [0.25, 0.3) is 0 Å². The van der Waals surface area contributed by atoms with Crippen LogP contribution in [0, 0.1) is 11.8 Å². The van der Waals surface area contributed by atoms with Crippen LogP contribution in [-0.4, -0.2) is 39.0 Å². The third-order valence-electron chi connectivity index (χ3n) is 4.05. The van der Waals surface area contributed by atoms with Crippen molar-refractivity contribution < 1.29 is 5.11 Å². The molecule has 1 aliphatic carbocycles. The zero-order valence-corrected chi connectivity index (χ0v) is 9.71. The SMILES string of the molecule is Cn1ccc(CN2CC3CCC(O)C3C2)n1. The van der Waals surface area contributed by atoms with E-state index in [4.69, 9.17) is 0 Å². The van der Waals surface area contributed by atoms with E-state index in [0.717, 1.165) is 37.7 Å². The summed E-state index contributed by atoms with van der Waals surface area (Å²) in [7, 11) is 1.95. The highest BCUT2D eigenvalue weighted by atomic mass is 16.3. The fraction of sp³-hybridized carbons (Fsp3) is 0.750. The number of hydrogen-bond acceptors (Lipinski definition) is 3. The Hall–Kier alpha value is -0.870. The maximum absolute atomic E-state index is 9.84. The van der Waals surface area contributed by atoms with Gasteiger partial charge in [0.05, 0.1) is 11.8 Å². The minimum Gasteiger partial charge on any atom is -0.393 e. The van der Waals surface area contributed by atoms with Gasteiger partial charge in [0.1, 0.15) is 0 Å². The summed E-state index contributed by atoms with van der Waals surface area (Å²) >= 11 is 0. The van der Waals surface area contributed by atoms with E-state index in [1.807, 2.05) is 17.9 Å². The van der Waals surface area contributed by atoms with Crippen LogP contribution in [0.25, 0.3) is 0 Å². The normalized spacial score (nSPS) is 34.5. The van der Waals surface area contributed by atoms with E-state index >= 15 is 0 Å². The number of aryl methyl sites for hydroxylation is 1. The molecule has 1 saturated carbocycles. The van der Waals surface area contributed by atoms with Crippen LogP contribution in [0.1, 0.15) is 18.5 Å². The van der Waals surface area contributed by atoms with Gasteiger partial charge < -0.3 is 5.11 Å². The Kier molecular flexibility index (Phi) is 2.48. The van der Waals surface area contributed by atoms with Gasteiger partial charge in [-0.25, -0.2) is 0 Å². The molecule has 1 aliphatic heterocycles. The van der Waals surface area contributed by atoms with Gasteiger partial charge in [-0.3, -0.25) is 9.58 Å². The number of rotatable bonds is 2. The number of aliphatic hydroxyl groups is 1. The van der Waals surface area contributed by atoms with Crippen LogP contribution in [-0.2, 0) is 13.6 Å². The van der Waals surface area contributed by atoms with Gasteiger partial charge in [-0.1, -0.05) is 0 Å². The summed E-state index contributed by atoms with van der Waals surface area (Å²) in [5.74, 6) is 1.24. The number of likely N-dealkylation sites (tertiary alicyclic amines) is 1. The number of aromatic nitrogens is 2. The van der Waals surface area contributed by atoms with Crippen molar-refractivity contribution in [2.45, 2.75) is 25.5 Å². The van der Waals surface area contributed by atoms with Crippen LogP contribution < -0.4 is 0 Å². The lowest BCUT2D eigenvalue weighted by Crippen LogP contribution is -2.24. The Labute approximate surface area is 95.9 Å². The molecule has 3 atom stereocenters. The molecule has 2 fully saturated rings. The van der Waals surface area contributed by atoms with Gasteiger partial charge in [0.15, 0.2) is 0 Å². The minimum atomic E-state index is -0.0567. The molecule has 4 heteroatoms. The third kappa shape index (κ3) is 1.76. The van der Waals surface area contributed by atoms with Gasteiger partial charge >= 0.3 is 0 Å². The highest BCUT2D eigenvalue weighted by molar-refractivity contribution is 5.01. The second kappa shape index (κ2) is 3.86. The number of fused-ring (bicyclic) bond motifs is 1. The van der Waals surface area contributed by atoms with E-state index in [1.54, 1.807) is 0 Å². The largest absolute Gasteiger partial charge is 0.393 e. The molecule has 1 N–H and O–H groups in total. The predicted octanol–water partition coefficient (Wildman–Crippen LogP) is 0.623. The molecule has 3 rings (SSSR count). The van der Waals surface area contributed by atoms with Crippen molar-refractivity contribution >= 4 is 0 Å². The molecule has 0 radical (unpaired) electrons. The van der Waals surface area contributed by atoms with E-state index in [-0.39, 0.29) is 6.10 Å². The summed E-state index contributed by atoms with van der Waals surface area (Å²) in [6.45, 7) is 3.11. The van der Waals surface area contributed by atoms with Crippen LogP contribution in [0.5, 0.6) is 0 Å². The Morgan fingerprint density at radius 2 is 2.31 bits per heavy atom. The molecule has 88 valence electrons. The van der Waals surface area contributed by atoms with Gasteiger partial charge in [0, 0.05) is 38.8 Å². The first-order valence-electron chi connectivity index (χ1n) is 6.11. The van der Waals surface area contributed by atoms with Crippen molar-refractivity contribution in [2.24, 2.45) is 18.9 Å². The first-order chi connectivity index (χ1) is 7.72. The number of aliphatic hydroxyl groups excluding tert-OH is 1. The van der Waals surface area contributed by atoms with E-state index in [9.17, 15) is 5.11 Å². The van der Waals surface area contributed by atoms with Crippen LogP contribution in [0.2, 0.25) is 0 Å². The van der Waals surface area contributed by atoms with E-state index < -0.39 is 0 Å². The fourth-order valence-corrected chi connectivity index (χ4v) is 3.23. The van der Waals surface area contributed by atoms with Crippen LogP contribution in [0.3, 0.4) is 0 Å². The van der Waals surface area contributed by atoms with E-state index in [2.05, 4.69) is 16.1 Å². The molecule has 1 aromatic heterocycles. The molecule has 0 spiro atoms. The Morgan fingerprint density at radius 3 is 3.00 bits per heavy atom. The summed E-state index contributed by atoms with van der Waals surface area (Å²) in [5, 5.41) is 14.2. The Balaban J connectivity index is 1.62. The molecule has 1 aromatic rings. The molecule has 3 unspecified atom stereocenters. The molecule has 2 heterocycles. The molecular weight excluding hydrogens is 202 g/mol. The topological polar surface area (TPSA) is 41.3 Å². The average molecular weight is 221 g/mol. The van der Waals surface area contributed by atoms with Gasteiger partial charge in [-0.15, -0.1) is 0 Å². The summed E-state index contributed by atoms with van der Waals surface area (Å²) in [4.78, 5) is 2.43. The van der Waals surface area contributed by atoms with Crippen molar-refractivity contribution in [1.29, 1.82) is 0 Å². The lowest BCUT2D eigenvalue weighted by molar-refractivity contribution is 0.123. The summed E-state index contributed by atoms with van der Waals surface area (Å²) < 4.78 is 1.85. The van der Waals surface area contributed by atoms with Gasteiger partial charge in [-0.05, 0) is 24.8 Å². The number of hydrogen-bond donors (Lipinski definition) is 1. The fourth-order valence-electron chi connectivity index (χ4n) is 3.23. The molecule has 0 amide bonds. The van der Waals surface area contributed by atoms with Crippen LogP contribution in [0.4, 0.5) is 0 Å². The monoisotopic (exact) mass is 221 g/mol. The third-order valence-corrected chi connectivity index (χ3v) is 4.05. The van der Waals surface area contributed by atoms with E-state index in [1.165, 1.54) is 6.42 Å². The van der Waals surface area contributed by atoms with Crippen molar-refractivity contribution in [3.63, 3.8) is 0 Å². The van der Waals surface area contributed by atoms with Gasteiger partial charge in [-0.2, -0.15) is 5.10 Å². The van der Waals surface area contributed by atoms with Crippen LogP contribution in [0.15, 0.2) is 12.3 Å². The zero-order valence-electron chi connectivity index (χ0n) is 9.71. The maximum atomic E-state index is 9.84. The first kappa shape index (κ1) is 10.3. The van der Waals surface area contributed by atoms with Crippen LogP contribution >= 0.6 is 0 Å². The smallest absolute Gasteiger partial charge is 0.0764 e. The Morgan fingerprint density at radius 1 is 1.44 bits per heavy atom. The first-order valence-corrected chi connectivity index (χ1v) is 6.11. The minimum absolute atomic E-state index is 0.0567. The zero-order chi connectivity index (χ0) is 11.1. The molecule has 2 aliphatic rings. The predicted molar refractivity (Wildman–Crippen MR) is 60.7 cm³/mol. The molecule has 4 nitrogen and oxygen atoms in total. The highest BCUT2D eigenvalue weighted by Crippen LogP contribution is 2.38. The van der Waals surface area contributed by atoms with E-state index in [0.29, 0.717) is 5.92 Å². The second-order valence-electron chi connectivity index (χ2n) is 5.24. The standard InChI is InChI=1S/C12H19N3O/c1-14-5-4-10(13-14)7-15-6-9-2-3-12(16)11(9)8-15/h4-5,9,11-12,16H,2-3,6-8H2,1H3. The van der Waals surface area contributed by atoms with Gasteiger partial charge in [0.2, 0.25) is 0 Å². The molecule has 0 bridgehead atoms. The quantitative estimate of drug-likeness (QED) is 0.796. The lowest BCUT2D eigenvalue weighted by atomic mass is 10.00. The summed E-state index contributed by atoms with van der Waals surface area (Å²) in [6, 6.07) is 2.07. The van der Waals surface area contributed by atoms with Crippen molar-refractivity contribution in [2.75, 3.05) is 13.1 Å². The molecule has 16 heavy (non-hydrogen) atoms. The molecule has 0 aromatic carbocycles. The Bertz CT molecular complexity index is 376. The summed E-state index contributed by atoms with van der Waals surface area (Å²) in [5.41, 5.74) is 1.14. The highest BCUT2D eigenvalue weighted by Gasteiger charge is 2.41. The average Bonchev–Trinajstić information content (AvgIpc) is 2.88. The van der Waals surface area contributed by atoms with Crippen molar-refractivity contribution in [3.8, 4) is 0 Å². The van der Waals surface area contributed by atoms with Crippen molar-refractivity contribution in [3.05, 3.63) is 18.0 Å². The maximum Gasteiger partial charge on any atom is 0.0764 e. The second-order valence-corrected chi connectivity index (χ2v) is 5.24.